The maximum Gasteiger partial charge on any atom is 0.293 e. The molecule has 0 unspecified atom stereocenters. The van der Waals surface area contributed by atoms with E-state index in [4.69, 9.17) is 9.47 Å². The van der Waals surface area contributed by atoms with Gasteiger partial charge in [-0.1, -0.05) is 0 Å². The second-order valence-corrected chi connectivity index (χ2v) is 6.42. The van der Waals surface area contributed by atoms with Crippen LogP contribution in [0.3, 0.4) is 0 Å². The highest BCUT2D eigenvalue weighted by molar-refractivity contribution is 6.00. The molecule has 0 aliphatic heterocycles. The molecule has 3 N–H and O–H groups in total. The first-order valence-corrected chi connectivity index (χ1v) is 8.80. The van der Waals surface area contributed by atoms with Crippen molar-refractivity contribution in [1.29, 1.82) is 0 Å². The van der Waals surface area contributed by atoms with Gasteiger partial charge in [0, 0.05) is 29.3 Å². The van der Waals surface area contributed by atoms with Crippen LogP contribution in [0.15, 0.2) is 36.4 Å². The van der Waals surface area contributed by atoms with Crippen LogP contribution in [-0.2, 0) is 0 Å². The molecule has 0 bridgehead atoms. The molecule has 10 heteroatoms. The average Bonchev–Trinajstić information content (AvgIpc) is 3.55. The number of nitro benzene ring substituents is 1. The van der Waals surface area contributed by atoms with Crippen molar-refractivity contribution < 1.29 is 24.0 Å². The largest absolute Gasteiger partial charge is 0.497 e. The van der Waals surface area contributed by atoms with E-state index in [-0.39, 0.29) is 22.9 Å². The summed E-state index contributed by atoms with van der Waals surface area (Å²) in [5.41, 5.74) is 4.93. The molecule has 1 saturated carbocycles. The SMILES string of the molecule is COc1cc(OC)cc(C(=O)NNC(=O)c2ccc(NC3CC3)c([N+](=O)[O-])c2)c1. The van der Waals surface area contributed by atoms with Gasteiger partial charge in [-0.05, 0) is 37.1 Å². The molecule has 0 aromatic heterocycles. The zero-order valence-corrected chi connectivity index (χ0v) is 15.9. The van der Waals surface area contributed by atoms with Crippen molar-refractivity contribution in [2.75, 3.05) is 19.5 Å². The van der Waals surface area contributed by atoms with E-state index >= 15 is 0 Å². The molecule has 29 heavy (non-hydrogen) atoms. The van der Waals surface area contributed by atoms with Crippen LogP contribution in [0.4, 0.5) is 11.4 Å². The molecule has 152 valence electrons. The minimum atomic E-state index is -0.686. The van der Waals surface area contributed by atoms with E-state index in [0.29, 0.717) is 17.2 Å². The second-order valence-electron chi connectivity index (χ2n) is 6.42. The summed E-state index contributed by atoms with van der Waals surface area (Å²) in [4.78, 5) is 35.4. The summed E-state index contributed by atoms with van der Waals surface area (Å²) >= 11 is 0. The smallest absolute Gasteiger partial charge is 0.293 e. The van der Waals surface area contributed by atoms with Crippen molar-refractivity contribution in [2.45, 2.75) is 18.9 Å². The molecule has 2 aromatic rings. The molecule has 10 nitrogen and oxygen atoms in total. The first-order valence-electron chi connectivity index (χ1n) is 8.80. The highest BCUT2D eigenvalue weighted by Crippen LogP contribution is 2.31. The molecular formula is C19H20N4O6. The summed E-state index contributed by atoms with van der Waals surface area (Å²) < 4.78 is 10.2. The van der Waals surface area contributed by atoms with Crippen molar-refractivity contribution in [3.05, 3.63) is 57.6 Å². The van der Waals surface area contributed by atoms with Gasteiger partial charge in [-0.15, -0.1) is 0 Å². The summed E-state index contributed by atoms with van der Waals surface area (Å²) in [5, 5.41) is 14.4. The van der Waals surface area contributed by atoms with Gasteiger partial charge >= 0.3 is 0 Å². The maximum atomic E-state index is 12.3. The lowest BCUT2D eigenvalue weighted by atomic mass is 10.1. The van der Waals surface area contributed by atoms with E-state index < -0.39 is 16.7 Å². The number of nitrogens with zero attached hydrogens (tertiary/aromatic N) is 1. The van der Waals surface area contributed by atoms with E-state index in [1.807, 2.05) is 0 Å². The van der Waals surface area contributed by atoms with E-state index in [0.717, 1.165) is 12.8 Å². The summed E-state index contributed by atoms with van der Waals surface area (Å²) in [6.45, 7) is 0. The number of ether oxygens (including phenoxy) is 2. The van der Waals surface area contributed by atoms with Gasteiger partial charge in [0.25, 0.3) is 17.5 Å². The minimum Gasteiger partial charge on any atom is -0.497 e. The zero-order chi connectivity index (χ0) is 21.0. The summed E-state index contributed by atoms with van der Waals surface area (Å²) in [5.74, 6) is -0.461. The monoisotopic (exact) mass is 400 g/mol. The molecule has 2 aromatic carbocycles. The lowest BCUT2D eigenvalue weighted by molar-refractivity contribution is -0.384. The average molecular weight is 400 g/mol. The molecule has 0 saturated heterocycles. The van der Waals surface area contributed by atoms with Crippen molar-refractivity contribution in [3.63, 3.8) is 0 Å². The van der Waals surface area contributed by atoms with E-state index in [2.05, 4.69) is 16.2 Å². The van der Waals surface area contributed by atoms with Crippen LogP contribution in [0.1, 0.15) is 33.6 Å². The van der Waals surface area contributed by atoms with Gasteiger partial charge in [0.2, 0.25) is 0 Å². The molecule has 2 amide bonds. The molecule has 0 spiro atoms. The van der Waals surface area contributed by atoms with Crippen molar-refractivity contribution in [3.8, 4) is 11.5 Å². The Morgan fingerprint density at radius 3 is 2.07 bits per heavy atom. The van der Waals surface area contributed by atoms with Crippen molar-refractivity contribution in [1.82, 2.24) is 10.9 Å². The third-order valence-electron chi connectivity index (χ3n) is 4.30. The van der Waals surface area contributed by atoms with Gasteiger partial charge in [-0.2, -0.15) is 0 Å². The molecule has 1 aliphatic rings. The molecule has 0 atom stereocenters. The number of rotatable bonds is 7. The number of methoxy groups -OCH3 is 2. The van der Waals surface area contributed by atoms with Gasteiger partial charge < -0.3 is 14.8 Å². The van der Waals surface area contributed by atoms with Crippen LogP contribution >= 0.6 is 0 Å². The molecular weight excluding hydrogens is 380 g/mol. The predicted molar refractivity (Wildman–Crippen MR) is 104 cm³/mol. The summed E-state index contributed by atoms with van der Waals surface area (Å²) in [6, 6.07) is 8.90. The van der Waals surface area contributed by atoms with Crippen LogP contribution in [0.25, 0.3) is 0 Å². The molecule has 1 fully saturated rings. The van der Waals surface area contributed by atoms with Gasteiger partial charge in [0.1, 0.15) is 17.2 Å². The lowest BCUT2D eigenvalue weighted by Crippen LogP contribution is -2.41. The molecule has 3 rings (SSSR count). The van der Waals surface area contributed by atoms with Crippen LogP contribution in [-0.4, -0.2) is 37.0 Å². The number of anilines is 1. The molecule has 0 radical (unpaired) electrons. The normalized spacial score (nSPS) is 12.6. The number of nitrogens with one attached hydrogen (secondary N) is 3. The fraction of sp³-hybridized carbons (Fsp3) is 0.263. The third-order valence-corrected chi connectivity index (χ3v) is 4.30. The lowest BCUT2D eigenvalue weighted by Gasteiger charge is -2.11. The number of amides is 2. The van der Waals surface area contributed by atoms with Gasteiger partial charge in [0.05, 0.1) is 19.1 Å². The Morgan fingerprint density at radius 2 is 1.55 bits per heavy atom. The predicted octanol–water partition coefficient (Wildman–Crippen LogP) is 2.26. The van der Waals surface area contributed by atoms with E-state index in [1.54, 1.807) is 6.07 Å². The third kappa shape index (κ3) is 4.92. The van der Waals surface area contributed by atoms with E-state index in [1.165, 1.54) is 44.6 Å². The Hall–Kier alpha value is -3.82. The van der Waals surface area contributed by atoms with Crippen molar-refractivity contribution in [2.24, 2.45) is 0 Å². The fourth-order valence-corrected chi connectivity index (χ4v) is 2.59. The number of hydrogen-bond donors (Lipinski definition) is 3. The first-order chi connectivity index (χ1) is 13.9. The first kappa shape index (κ1) is 19.9. The van der Waals surface area contributed by atoms with Gasteiger partial charge in [-0.25, -0.2) is 0 Å². The fourth-order valence-electron chi connectivity index (χ4n) is 2.59. The van der Waals surface area contributed by atoms with Crippen molar-refractivity contribution >= 4 is 23.2 Å². The molecule has 1 aliphatic carbocycles. The Morgan fingerprint density at radius 1 is 0.966 bits per heavy atom. The quantitative estimate of drug-likeness (QED) is 0.480. The van der Waals surface area contributed by atoms with E-state index in [9.17, 15) is 19.7 Å². The van der Waals surface area contributed by atoms with Gasteiger partial charge in [0.15, 0.2) is 0 Å². The number of hydrogen-bond acceptors (Lipinski definition) is 7. The Bertz CT molecular complexity index is 935. The van der Waals surface area contributed by atoms with Crippen LogP contribution < -0.4 is 25.6 Å². The molecule has 0 heterocycles. The second kappa shape index (κ2) is 8.46. The minimum absolute atomic E-state index is 0.0431. The number of benzene rings is 2. The number of hydrazine groups is 1. The number of nitro groups is 1. The standard InChI is InChI=1S/C19H20N4O6/c1-28-14-7-12(8-15(10-14)29-2)19(25)22-21-18(24)11-3-6-16(20-13-4-5-13)17(9-11)23(26)27/h3,6-10,13,20H,4-5H2,1-2H3,(H,21,24)(H,22,25). The van der Waals surface area contributed by atoms with Crippen LogP contribution in [0.2, 0.25) is 0 Å². The van der Waals surface area contributed by atoms with Gasteiger partial charge in [-0.3, -0.25) is 30.6 Å². The summed E-state index contributed by atoms with van der Waals surface area (Å²) in [7, 11) is 2.90. The number of carbonyl (C=O) groups is 2. The highest BCUT2D eigenvalue weighted by atomic mass is 16.6. The zero-order valence-electron chi connectivity index (χ0n) is 15.9. The highest BCUT2D eigenvalue weighted by Gasteiger charge is 2.25. The topological polar surface area (TPSA) is 132 Å². The van der Waals surface area contributed by atoms with Crippen LogP contribution in [0.5, 0.6) is 11.5 Å². The maximum absolute atomic E-state index is 12.3. The number of carbonyl (C=O) groups excluding carboxylic acids is 2. The Balaban J connectivity index is 1.69. The Kier molecular flexibility index (Phi) is 5.82. The summed E-state index contributed by atoms with van der Waals surface area (Å²) in [6.07, 6.45) is 1.92. The van der Waals surface area contributed by atoms with Crippen LogP contribution in [0, 0.1) is 10.1 Å². The Labute approximate surface area is 166 Å².